The number of anilines is 1. The maximum absolute atomic E-state index is 12.2. The van der Waals surface area contributed by atoms with Gasteiger partial charge in [-0.25, -0.2) is 0 Å². The largest absolute Gasteiger partial charge is 0.545 e. The van der Waals surface area contributed by atoms with Crippen LogP contribution in [0.15, 0.2) is 40.2 Å². The van der Waals surface area contributed by atoms with Gasteiger partial charge in [-0.15, -0.1) is 23.5 Å². The number of carboxylic acid groups (broad SMARTS) is 1. The van der Waals surface area contributed by atoms with E-state index in [0.717, 1.165) is 22.8 Å². The number of carboxylic acids is 1. The first-order valence-corrected chi connectivity index (χ1v) is 8.67. The minimum absolute atomic E-state index is 0.229. The van der Waals surface area contributed by atoms with Gasteiger partial charge in [-0.1, -0.05) is 18.2 Å². The summed E-state index contributed by atoms with van der Waals surface area (Å²) in [5, 5.41) is 11.2. The fraction of sp³-hybridized carbons (Fsp3) is 0.250. The van der Waals surface area contributed by atoms with E-state index in [0.29, 0.717) is 4.24 Å². The van der Waals surface area contributed by atoms with Gasteiger partial charge in [-0.2, -0.15) is 0 Å². The molecule has 0 unspecified atom stereocenters. The maximum Gasteiger partial charge on any atom is 0.189 e. The third-order valence-corrected chi connectivity index (χ3v) is 5.73. The molecule has 0 N–H and O–H groups in total. The van der Waals surface area contributed by atoms with Crippen molar-refractivity contribution in [2.45, 2.75) is 0 Å². The first-order valence-electron chi connectivity index (χ1n) is 6.70. The van der Waals surface area contributed by atoms with Crippen molar-refractivity contribution >= 4 is 47.0 Å². The Labute approximate surface area is 138 Å². The Morgan fingerprint density at radius 1 is 1.23 bits per heavy atom. The molecule has 1 aliphatic rings. The Morgan fingerprint density at radius 3 is 2.50 bits per heavy atom. The van der Waals surface area contributed by atoms with E-state index >= 15 is 0 Å². The van der Waals surface area contributed by atoms with Crippen LogP contribution in [0, 0.1) is 0 Å². The lowest BCUT2D eigenvalue weighted by Crippen LogP contribution is -2.28. The molecule has 0 radical (unpaired) electrons. The zero-order valence-corrected chi connectivity index (χ0v) is 14.0. The molecule has 116 valence electrons. The van der Waals surface area contributed by atoms with Crippen molar-refractivity contribution < 1.29 is 14.7 Å². The van der Waals surface area contributed by atoms with E-state index in [1.54, 1.807) is 6.08 Å². The quantitative estimate of drug-likeness (QED) is 0.465. The molecule has 4 nitrogen and oxygen atoms in total. The fourth-order valence-corrected chi connectivity index (χ4v) is 4.43. The molecule has 22 heavy (non-hydrogen) atoms. The summed E-state index contributed by atoms with van der Waals surface area (Å²) < 4.78 is 0.552. The molecule has 1 heterocycles. The third kappa shape index (κ3) is 4.18. The molecular weight excluding hydrogens is 318 g/mol. The molecule has 1 aromatic rings. The molecule has 1 aromatic carbocycles. The lowest BCUT2D eigenvalue weighted by atomic mass is 10.1. The van der Waals surface area contributed by atoms with Gasteiger partial charge in [0, 0.05) is 31.3 Å². The minimum Gasteiger partial charge on any atom is -0.545 e. The second kappa shape index (κ2) is 7.56. The van der Waals surface area contributed by atoms with Crippen LogP contribution in [0.2, 0.25) is 0 Å². The van der Waals surface area contributed by atoms with Crippen LogP contribution in [0.3, 0.4) is 0 Å². The number of aliphatic carboxylic acids is 1. The van der Waals surface area contributed by atoms with Gasteiger partial charge in [-0.3, -0.25) is 4.79 Å². The number of hydrogen-bond acceptors (Lipinski definition) is 6. The van der Waals surface area contributed by atoms with Crippen molar-refractivity contribution in [3.63, 3.8) is 0 Å². The molecule has 0 aromatic heterocycles. The molecular formula is C16H16NO3S2-. The van der Waals surface area contributed by atoms with E-state index in [1.807, 2.05) is 43.3 Å². The topological polar surface area (TPSA) is 60.4 Å². The molecule has 0 bridgehead atoms. The molecule has 0 saturated carbocycles. The van der Waals surface area contributed by atoms with Gasteiger partial charge < -0.3 is 14.8 Å². The van der Waals surface area contributed by atoms with Gasteiger partial charge in [0.25, 0.3) is 0 Å². The zero-order chi connectivity index (χ0) is 16.1. The number of allylic oxidation sites excluding steroid dienone is 1. The highest BCUT2D eigenvalue weighted by Gasteiger charge is 2.19. The number of thioether (sulfide) groups is 2. The third-order valence-electron chi connectivity index (χ3n) is 3.02. The number of carbonyl (C=O) groups excluding carboxylic acids is 2. The smallest absolute Gasteiger partial charge is 0.189 e. The first kappa shape index (κ1) is 16.7. The maximum atomic E-state index is 12.2. The molecule has 6 heteroatoms. The Bertz CT molecular complexity index is 643. The Balaban J connectivity index is 2.21. The summed E-state index contributed by atoms with van der Waals surface area (Å²) in [4.78, 5) is 25.3. The summed E-state index contributed by atoms with van der Waals surface area (Å²) >= 11 is 2.79. The van der Waals surface area contributed by atoms with Crippen LogP contribution in [0.1, 0.15) is 5.56 Å². The normalized spacial score (nSPS) is 14.4. The van der Waals surface area contributed by atoms with Gasteiger partial charge in [-0.05, 0) is 23.8 Å². The standard InChI is InChI=1S/C16H17NO3S2/c1-17(2)12-5-3-4-11(10-12)6-7-13(18)14(15(19)20)16-21-8-9-22-16/h3-7,10H,8-9H2,1-2H3,(H,19,20)/p-1/b7-6+. The summed E-state index contributed by atoms with van der Waals surface area (Å²) in [6.07, 6.45) is 2.93. The SMILES string of the molecule is CN(C)c1cccc(/C=C/C(=O)C(C(=O)[O-])=C2SCCS2)c1. The highest BCUT2D eigenvalue weighted by molar-refractivity contribution is 8.25. The van der Waals surface area contributed by atoms with Crippen molar-refractivity contribution in [1.82, 2.24) is 0 Å². The van der Waals surface area contributed by atoms with Crippen LogP contribution in [0.4, 0.5) is 5.69 Å². The van der Waals surface area contributed by atoms with Crippen LogP contribution in [0.5, 0.6) is 0 Å². The number of rotatable bonds is 5. The summed E-state index contributed by atoms with van der Waals surface area (Å²) in [5.41, 5.74) is 1.62. The molecule has 1 saturated heterocycles. The van der Waals surface area contributed by atoms with Gasteiger partial charge in [0.2, 0.25) is 0 Å². The van der Waals surface area contributed by atoms with Crippen molar-refractivity contribution in [3.05, 3.63) is 45.7 Å². The molecule has 0 spiro atoms. The van der Waals surface area contributed by atoms with Gasteiger partial charge >= 0.3 is 0 Å². The Morgan fingerprint density at radius 2 is 1.91 bits per heavy atom. The zero-order valence-electron chi connectivity index (χ0n) is 12.4. The van der Waals surface area contributed by atoms with Crippen molar-refractivity contribution in [2.75, 3.05) is 30.5 Å². The average molecular weight is 334 g/mol. The number of nitrogens with zero attached hydrogens (tertiary/aromatic N) is 1. The molecule has 0 aliphatic carbocycles. The van der Waals surface area contributed by atoms with E-state index < -0.39 is 11.8 Å². The minimum atomic E-state index is -1.41. The van der Waals surface area contributed by atoms with Crippen molar-refractivity contribution in [3.8, 4) is 0 Å². The van der Waals surface area contributed by atoms with E-state index in [2.05, 4.69) is 0 Å². The van der Waals surface area contributed by atoms with Gasteiger partial charge in [0.05, 0.1) is 15.8 Å². The Kier molecular flexibility index (Phi) is 5.74. The predicted molar refractivity (Wildman–Crippen MR) is 91.8 cm³/mol. The molecule has 1 fully saturated rings. The van der Waals surface area contributed by atoms with E-state index in [9.17, 15) is 14.7 Å². The highest BCUT2D eigenvalue weighted by atomic mass is 32.2. The lowest BCUT2D eigenvalue weighted by Gasteiger charge is -2.12. The highest BCUT2D eigenvalue weighted by Crippen LogP contribution is 2.38. The van der Waals surface area contributed by atoms with Crippen molar-refractivity contribution in [2.24, 2.45) is 0 Å². The number of carbonyl (C=O) groups is 2. The van der Waals surface area contributed by atoms with Crippen LogP contribution < -0.4 is 10.0 Å². The number of ketones is 1. The lowest BCUT2D eigenvalue weighted by molar-refractivity contribution is -0.298. The van der Waals surface area contributed by atoms with Crippen LogP contribution in [-0.4, -0.2) is 37.4 Å². The number of benzene rings is 1. The monoisotopic (exact) mass is 334 g/mol. The molecule has 1 aliphatic heterocycles. The summed E-state index contributed by atoms with van der Waals surface area (Å²) in [6.45, 7) is 0. The van der Waals surface area contributed by atoms with Crippen LogP contribution in [-0.2, 0) is 9.59 Å². The molecule has 0 amide bonds. The summed E-state index contributed by atoms with van der Waals surface area (Å²) in [5.74, 6) is -0.294. The summed E-state index contributed by atoms with van der Waals surface area (Å²) in [7, 11) is 3.86. The second-order valence-corrected chi connectivity index (χ2v) is 7.30. The van der Waals surface area contributed by atoms with Gasteiger partial charge in [0.1, 0.15) is 0 Å². The molecule has 0 atom stereocenters. The predicted octanol–water partition coefficient (Wildman–Crippen LogP) is 1.78. The van der Waals surface area contributed by atoms with E-state index in [-0.39, 0.29) is 5.57 Å². The first-order chi connectivity index (χ1) is 10.5. The van der Waals surface area contributed by atoms with Crippen LogP contribution >= 0.6 is 23.5 Å². The van der Waals surface area contributed by atoms with E-state index in [1.165, 1.54) is 29.6 Å². The second-order valence-electron chi connectivity index (χ2n) is 4.83. The van der Waals surface area contributed by atoms with Crippen molar-refractivity contribution in [1.29, 1.82) is 0 Å². The van der Waals surface area contributed by atoms with E-state index in [4.69, 9.17) is 0 Å². The molecule has 2 rings (SSSR count). The average Bonchev–Trinajstić information content (AvgIpc) is 2.99. The number of hydrogen-bond donors (Lipinski definition) is 0. The van der Waals surface area contributed by atoms with Gasteiger partial charge in [0.15, 0.2) is 5.78 Å². The van der Waals surface area contributed by atoms with Crippen LogP contribution in [0.25, 0.3) is 6.08 Å². The summed E-state index contributed by atoms with van der Waals surface area (Å²) in [6, 6.07) is 7.64. The Hall–Kier alpha value is -1.66. The fourth-order valence-electron chi connectivity index (χ4n) is 1.90.